The number of hydrogen-bond donors (Lipinski definition) is 3. The first-order valence-corrected chi connectivity index (χ1v) is 15.2. The van der Waals surface area contributed by atoms with Crippen LogP contribution < -0.4 is 15.4 Å². The minimum absolute atomic E-state index is 0.0531. The number of hydrogen-bond acceptors (Lipinski definition) is 6. The zero-order valence-corrected chi connectivity index (χ0v) is 26.3. The van der Waals surface area contributed by atoms with Gasteiger partial charge in [0.15, 0.2) is 0 Å². The predicted octanol–water partition coefficient (Wildman–Crippen LogP) is 4.78. The number of urea groups is 1. The Kier molecular flexibility index (Phi) is 12.8. The Morgan fingerprint density at radius 2 is 1.81 bits per heavy atom. The topological polar surface area (TPSA) is 120 Å². The highest BCUT2D eigenvalue weighted by Gasteiger charge is 2.31. The minimum Gasteiger partial charge on any atom is -0.490 e. The van der Waals surface area contributed by atoms with Crippen LogP contribution in [0.2, 0.25) is 0 Å². The van der Waals surface area contributed by atoms with E-state index in [0.717, 1.165) is 19.3 Å². The summed E-state index contributed by atoms with van der Waals surface area (Å²) in [5.41, 5.74) is 1.35. The summed E-state index contributed by atoms with van der Waals surface area (Å²) in [5, 5.41) is 15.7. The molecule has 3 N–H and O–H groups in total. The minimum atomic E-state index is -0.502. The quantitative estimate of drug-likeness (QED) is 0.423. The average Bonchev–Trinajstić information content (AvgIpc) is 2.98. The first kappa shape index (κ1) is 33.9. The van der Waals surface area contributed by atoms with Gasteiger partial charge in [-0.1, -0.05) is 25.1 Å². The molecule has 1 aliphatic rings. The number of likely N-dealkylation sites (N-methyl/N-ethyl adjacent to an activating group) is 1. The van der Waals surface area contributed by atoms with E-state index < -0.39 is 6.04 Å². The summed E-state index contributed by atoms with van der Waals surface area (Å²) in [7, 11) is 1.76. The number of carbonyl (C=O) groups is 3. The highest BCUT2D eigenvalue weighted by atomic mass is 16.5. The third-order valence-electron chi connectivity index (χ3n) is 7.55. The number of amides is 4. The zero-order chi connectivity index (χ0) is 31.5. The number of nitrogens with one attached hydrogen (secondary N) is 2. The molecule has 0 unspecified atom stereocenters. The maximum absolute atomic E-state index is 14.2. The SMILES string of the molecule is CC(C)NC(=O)Nc1ccc2c(c1)C(=O)N([C@@H](C)CO)C[C@@H](C)[C@H](CN(C)C(=O)c1ccccc1)OCCCC[C@@H](C)O2. The van der Waals surface area contributed by atoms with Gasteiger partial charge in [-0.05, 0) is 77.3 Å². The number of fused-ring (bicyclic) bond motifs is 1. The third kappa shape index (κ3) is 9.96. The fourth-order valence-corrected chi connectivity index (χ4v) is 5.05. The van der Waals surface area contributed by atoms with E-state index in [1.165, 1.54) is 0 Å². The smallest absolute Gasteiger partial charge is 0.319 e. The van der Waals surface area contributed by atoms with Crippen molar-refractivity contribution in [2.24, 2.45) is 5.92 Å². The molecule has 1 heterocycles. The molecular formula is C33H48N4O6. The molecule has 2 aromatic rings. The molecule has 0 spiro atoms. The highest BCUT2D eigenvalue weighted by Crippen LogP contribution is 2.28. The molecule has 3 rings (SSSR count). The summed E-state index contributed by atoms with van der Waals surface area (Å²) in [6.45, 7) is 10.4. The van der Waals surface area contributed by atoms with Crippen molar-refractivity contribution in [2.45, 2.75) is 78.2 Å². The van der Waals surface area contributed by atoms with E-state index in [1.807, 2.05) is 45.9 Å². The number of rotatable bonds is 7. The Bertz CT molecular complexity index is 1210. The van der Waals surface area contributed by atoms with Crippen LogP contribution in [0.3, 0.4) is 0 Å². The van der Waals surface area contributed by atoms with Gasteiger partial charge in [0.25, 0.3) is 11.8 Å². The van der Waals surface area contributed by atoms with Crippen molar-refractivity contribution in [3.63, 3.8) is 0 Å². The van der Waals surface area contributed by atoms with Crippen molar-refractivity contribution >= 4 is 23.5 Å². The van der Waals surface area contributed by atoms with Gasteiger partial charge in [-0.2, -0.15) is 0 Å². The molecule has 4 amide bonds. The number of carbonyl (C=O) groups excluding carboxylic acids is 3. The first-order valence-electron chi connectivity index (χ1n) is 15.2. The molecule has 4 atom stereocenters. The van der Waals surface area contributed by atoms with Gasteiger partial charge in [-0.3, -0.25) is 9.59 Å². The Morgan fingerprint density at radius 3 is 2.49 bits per heavy atom. The largest absolute Gasteiger partial charge is 0.490 e. The molecule has 0 bridgehead atoms. The van der Waals surface area contributed by atoms with Gasteiger partial charge in [-0.15, -0.1) is 0 Å². The van der Waals surface area contributed by atoms with E-state index in [1.54, 1.807) is 54.1 Å². The second kappa shape index (κ2) is 16.3. The van der Waals surface area contributed by atoms with E-state index in [2.05, 4.69) is 10.6 Å². The monoisotopic (exact) mass is 596 g/mol. The molecule has 0 aliphatic carbocycles. The summed E-state index contributed by atoms with van der Waals surface area (Å²) < 4.78 is 12.6. The lowest BCUT2D eigenvalue weighted by molar-refractivity contribution is -0.0149. The van der Waals surface area contributed by atoms with Crippen LogP contribution in [0.5, 0.6) is 5.75 Å². The summed E-state index contributed by atoms with van der Waals surface area (Å²) in [6.07, 6.45) is 1.95. The van der Waals surface area contributed by atoms with Crippen LogP contribution >= 0.6 is 0 Å². The molecule has 0 radical (unpaired) electrons. The van der Waals surface area contributed by atoms with Crippen LogP contribution in [-0.4, -0.2) is 90.4 Å². The van der Waals surface area contributed by atoms with E-state index >= 15 is 0 Å². The van der Waals surface area contributed by atoms with Gasteiger partial charge in [0, 0.05) is 50.0 Å². The van der Waals surface area contributed by atoms with Crippen molar-refractivity contribution in [1.29, 1.82) is 0 Å². The van der Waals surface area contributed by atoms with Crippen molar-refractivity contribution in [1.82, 2.24) is 15.1 Å². The van der Waals surface area contributed by atoms with E-state index in [9.17, 15) is 19.5 Å². The van der Waals surface area contributed by atoms with Crippen LogP contribution in [0.4, 0.5) is 10.5 Å². The number of ether oxygens (including phenoxy) is 2. The van der Waals surface area contributed by atoms with E-state index in [0.29, 0.717) is 35.7 Å². The molecule has 10 nitrogen and oxygen atoms in total. The van der Waals surface area contributed by atoms with E-state index in [-0.39, 0.29) is 55.2 Å². The highest BCUT2D eigenvalue weighted by molar-refractivity contribution is 5.99. The maximum Gasteiger partial charge on any atom is 0.319 e. The van der Waals surface area contributed by atoms with Crippen molar-refractivity contribution in [2.75, 3.05) is 38.7 Å². The van der Waals surface area contributed by atoms with Crippen LogP contribution in [0.1, 0.15) is 74.6 Å². The molecule has 0 saturated heterocycles. The molecule has 10 heteroatoms. The van der Waals surface area contributed by atoms with Gasteiger partial charge in [-0.25, -0.2) is 4.79 Å². The van der Waals surface area contributed by atoms with E-state index in [4.69, 9.17) is 9.47 Å². The summed E-state index contributed by atoms with van der Waals surface area (Å²) in [6, 6.07) is 13.2. The second-order valence-electron chi connectivity index (χ2n) is 11.8. The van der Waals surface area contributed by atoms with Crippen LogP contribution in [0.15, 0.2) is 48.5 Å². The summed E-state index contributed by atoms with van der Waals surface area (Å²) in [5.74, 6) is -0.177. The van der Waals surface area contributed by atoms with Gasteiger partial charge >= 0.3 is 6.03 Å². The van der Waals surface area contributed by atoms with Crippen molar-refractivity contribution < 1.29 is 29.0 Å². The second-order valence-corrected chi connectivity index (χ2v) is 11.8. The van der Waals surface area contributed by atoms with Gasteiger partial charge < -0.3 is 35.0 Å². The standard InChI is InChI=1S/C33H48N4O6/c1-22(2)34-33(41)35-27-15-16-29-28(18-27)32(40)37(24(4)21-38)19-23(3)30(42-17-11-10-12-25(5)43-29)20-36(6)31(39)26-13-8-7-9-14-26/h7-9,13-16,18,22-25,30,38H,10-12,17,19-21H2,1-6H3,(H2,34,35,41)/t23-,24+,25-,30+/m1/s1. The molecular weight excluding hydrogens is 548 g/mol. The normalized spacial score (nSPS) is 20.8. The summed E-state index contributed by atoms with van der Waals surface area (Å²) in [4.78, 5) is 43.0. The number of nitrogens with zero attached hydrogens (tertiary/aromatic N) is 2. The lowest BCUT2D eigenvalue weighted by Gasteiger charge is -2.36. The molecule has 0 fully saturated rings. The predicted molar refractivity (Wildman–Crippen MR) is 168 cm³/mol. The Hall–Kier alpha value is -3.63. The lowest BCUT2D eigenvalue weighted by Crippen LogP contribution is -2.48. The van der Waals surface area contributed by atoms with Gasteiger partial charge in [0.1, 0.15) is 5.75 Å². The zero-order valence-electron chi connectivity index (χ0n) is 26.3. The Morgan fingerprint density at radius 1 is 1.09 bits per heavy atom. The van der Waals surface area contributed by atoms with Crippen LogP contribution in [0.25, 0.3) is 0 Å². The van der Waals surface area contributed by atoms with Crippen LogP contribution in [0, 0.1) is 5.92 Å². The van der Waals surface area contributed by atoms with Gasteiger partial charge in [0.2, 0.25) is 0 Å². The number of aliphatic hydroxyl groups excluding tert-OH is 1. The Labute approximate surface area is 255 Å². The molecule has 0 aromatic heterocycles. The fraction of sp³-hybridized carbons (Fsp3) is 0.545. The van der Waals surface area contributed by atoms with Crippen molar-refractivity contribution in [3.8, 4) is 5.75 Å². The first-order chi connectivity index (χ1) is 20.5. The number of anilines is 1. The number of aliphatic hydroxyl groups is 1. The molecule has 43 heavy (non-hydrogen) atoms. The Balaban J connectivity index is 1.93. The lowest BCUT2D eigenvalue weighted by atomic mass is 10.0. The maximum atomic E-state index is 14.2. The fourth-order valence-electron chi connectivity index (χ4n) is 5.05. The molecule has 1 aliphatic heterocycles. The average molecular weight is 597 g/mol. The molecule has 2 aromatic carbocycles. The van der Waals surface area contributed by atoms with Crippen molar-refractivity contribution in [3.05, 3.63) is 59.7 Å². The van der Waals surface area contributed by atoms with Gasteiger partial charge in [0.05, 0.1) is 30.4 Å². The number of benzene rings is 2. The summed E-state index contributed by atoms with van der Waals surface area (Å²) >= 11 is 0. The van der Waals surface area contributed by atoms with Crippen LogP contribution in [-0.2, 0) is 4.74 Å². The molecule has 0 saturated carbocycles. The molecule has 236 valence electrons. The third-order valence-corrected chi connectivity index (χ3v) is 7.55.